The molecular formula is C10H14N2S2. The monoisotopic (exact) mass is 226 g/mol. The number of nitrogens with zero attached hydrogens (tertiary/aromatic N) is 1. The molecule has 76 valence electrons. The first-order valence-electron chi connectivity index (χ1n) is 4.88. The van der Waals surface area contributed by atoms with Crippen molar-refractivity contribution >= 4 is 28.3 Å². The number of amidine groups is 1. The highest BCUT2D eigenvalue weighted by Gasteiger charge is 2.04. The van der Waals surface area contributed by atoms with E-state index in [0.29, 0.717) is 0 Å². The van der Waals surface area contributed by atoms with Crippen LogP contribution in [-0.4, -0.2) is 24.0 Å². The quantitative estimate of drug-likeness (QED) is 0.855. The molecule has 0 saturated carbocycles. The number of hydrogen-bond donors (Lipinski definition) is 1. The number of aliphatic imine (C=N–C) groups is 1. The molecule has 0 amide bonds. The zero-order valence-electron chi connectivity index (χ0n) is 8.03. The summed E-state index contributed by atoms with van der Waals surface area (Å²) in [6.45, 7) is 2.00. The third-order valence-corrected chi connectivity index (χ3v) is 4.00. The smallest absolute Gasteiger partial charge is 0.156 e. The average molecular weight is 226 g/mol. The molecular weight excluding hydrogens is 212 g/mol. The molecule has 14 heavy (non-hydrogen) atoms. The van der Waals surface area contributed by atoms with Crippen LogP contribution in [0.15, 0.2) is 22.5 Å². The van der Waals surface area contributed by atoms with Crippen LogP contribution in [0.5, 0.6) is 0 Å². The van der Waals surface area contributed by atoms with E-state index in [2.05, 4.69) is 27.8 Å². The Morgan fingerprint density at radius 1 is 1.50 bits per heavy atom. The van der Waals surface area contributed by atoms with Gasteiger partial charge in [0.15, 0.2) is 5.17 Å². The Bertz CT molecular complexity index is 293. The molecule has 1 aromatic heterocycles. The predicted octanol–water partition coefficient (Wildman–Crippen LogP) is 2.37. The van der Waals surface area contributed by atoms with Gasteiger partial charge in [0.05, 0.1) is 0 Å². The molecule has 0 unspecified atom stereocenters. The number of nitrogens with one attached hydrogen (secondary N) is 1. The van der Waals surface area contributed by atoms with Gasteiger partial charge in [-0.05, 0) is 24.3 Å². The SMILES string of the molecule is c1csc(CCNC2=NCCCS2)c1. The van der Waals surface area contributed by atoms with Gasteiger partial charge in [0.25, 0.3) is 0 Å². The predicted molar refractivity (Wildman–Crippen MR) is 65.4 cm³/mol. The fourth-order valence-electron chi connectivity index (χ4n) is 1.31. The summed E-state index contributed by atoms with van der Waals surface area (Å²) in [5.41, 5.74) is 0. The average Bonchev–Trinajstić information content (AvgIpc) is 2.72. The summed E-state index contributed by atoms with van der Waals surface area (Å²) in [6.07, 6.45) is 2.33. The molecule has 0 aliphatic carbocycles. The maximum Gasteiger partial charge on any atom is 0.156 e. The zero-order chi connectivity index (χ0) is 9.64. The standard InChI is InChI=1S/C10H14N2S2/c1-3-9(13-7-1)4-6-12-10-11-5-2-8-14-10/h1,3,7H,2,4-6,8H2,(H,11,12). The Morgan fingerprint density at radius 2 is 2.50 bits per heavy atom. The van der Waals surface area contributed by atoms with Crippen LogP contribution in [0.25, 0.3) is 0 Å². The highest BCUT2D eigenvalue weighted by molar-refractivity contribution is 8.13. The van der Waals surface area contributed by atoms with Crippen molar-refractivity contribution in [2.45, 2.75) is 12.8 Å². The lowest BCUT2D eigenvalue weighted by atomic mass is 10.3. The van der Waals surface area contributed by atoms with E-state index < -0.39 is 0 Å². The third kappa shape index (κ3) is 3.03. The first-order valence-corrected chi connectivity index (χ1v) is 6.75. The van der Waals surface area contributed by atoms with Crippen LogP contribution in [0, 0.1) is 0 Å². The van der Waals surface area contributed by atoms with E-state index in [1.165, 1.54) is 17.1 Å². The van der Waals surface area contributed by atoms with Crippen LogP contribution in [0.4, 0.5) is 0 Å². The maximum absolute atomic E-state index is 4.42. The van der Waals surface area contributed by atoms with E-state index in [1.54, 1.807) is 0 Å². The Kier molecular flexibility index (Phi) is 3.89. The lowest BCUT2D eigenvalue weighted by Crippen LogP contribution is -2.25. The van der Waals surface area contributed by atoms with E-state index in [0.717, 1.165) is 24.7 Å². The molecule has 2 nitrogen and oxygen atoms in total. The number of rotatable bonds is 3. The summed E-state index contributed by atoms with van der Waals surface area (Å²) in [5.74, 6) is 1.21. The molecule has 0 saturated heterocycles. The van der Waals surface area contributed by atoms with Crippen molar-refractivity contribution in [1.29, 1.82) is 0 Å². The first kappa shape index (κ1) is 10.1. The van der Waals surface area contributed by atoms with Gasteiger partial charge in [0, 0.05) is 23.7 Å². The van der Waals surface area contributed by atoms with Gasteiger partial charge in [-0.3, -0.25) is 4.99 Å². The van der Waals surface area contributed by atoms with Crippen molar-refractivity contribution in [3.8, 4) is 0 Å². The second-order valence-corrected chi connectivity index (χ2v) is 5.26. The third-order valence-electron chi connectivity index (χ3n) is 2.02. The van der Waals surface area contributed by atoms with E-state index in [4.69, 9.17) is 0 Å². The van der Waals surface area contributed by atoms with Crippen LogP contribution in [0.3, 0.4) is 0 Å². The molecule has 1 aromatic rings. The molecule has 4 heteroatoms. The van der Waals surface area contributed by atoms with Gasteiger partial charge in [-0.15, -0.1) is 11.3 Å². The van der Waals surface area contributed by atoms with Gasteiger partial charge in [-0.1, -0.05) is 17.8 Å². The summed E-state index contributed by atoms with van der Waals surface area (Å²) < 4.78 is 0. The van der Waals surface area contributed by atoms with E-state index in [1.807, 2.05) is 23.1 Å². The summed E-state index contributed by atoms with van der Waals surface area (Å²) in [5, 5.41) is 6.64. The van der Waals surface area contributed by atoms with Gasteiger partial charge in [-0.25, -0.2) is 0 Å². The van der Waals surface area contributed by atoms with Crippen molar-refractivity contribution in [2.24, 2.45) is 4.99 Å². The van der Waals surface area contributed by atoms with Gasteiger partial charge in [-0.2, -0.15) is 0 Å². The lowest BCUT2D eigenvalue weighted by molar-refractivity contribution is 0.860. The van der Waals surface area contributed by atoms with Crippen molar-refractivity contribution in [1.82, 2.24) is 5.32 Å². The molecule has 0 aromatic carbocycles. The molecule has 1 aliphatic rings. The van der Waals surface area contributed by atoms with Crippen LogP contribution >= 0.6 is 23.1 Å². The van der Waals surface area contributed by atoms with Crippen LogP contribution in [0.1, 0.15) is 11.3 Å². The number of hydrogen-bond acceptors (Lipinski definition) is 4. The number of thiophene rings is 1. The van der Waals surface area contributed by atoms with E-state index >= 15 is 0 Å². The van der Waals surface area contributed by atoms with Crippen molar-refractivity contribution in [2.75, 3.05) is 18.8 Å². The summed E-state index contributed by atoms with van der Waals surface area (Å²) >= 11 is 3.67. The molecule has 1 N–H and O–H groups in total. The minimum atomic E-state index is 0.994. The highest BCUT2D eigenvalue weighted by atomic mass is 32.2. The minimum absolute atomic E-state index is 0.994. The lowest BCUT2D eigenvalue weighted by Gasteiger charge is -2.12. The first-order chi connectivity index (χ1) is 6.95. The fourth-order valence-corrected chi connectivity index (χ4v) is 2.88. The zero-order valence-corrected chi connectivity index (χ0v) is 9.66. The number of thioether (sulfide) groups is 1. The largest absolute Gasteiger partial charge is 0.365 e. The van der Waals surface area contributed by atoms with Gasteiger partial charge in [0.1, 0.15) is 0 Å². The second kappa shape index (κ2) is 5.41. The van der Waals surface area contributed by atoms with Gasteiger partial charge >= 0.3 is 0 Å². The fraction of sp³-hybridized carbons (Fsp3) is 0.500. The second-order valence-electron chi connectivity index (χ2n) is 3.15. The van der Waals surface area contributed by atoms with Crippen LogP contribution < -0.4 is 5.32 Å². The Labute approximate surface area is 92.8 Å². The molecule has 0 fully saturated rings. The van der Waals surface area contributed by atoms with Crippen molar-refractivity contribution in [3.63, 3.8) is 0 Å². The molecule has 2 heterocycles. The molecule has 0 spiro atoms. The van der Waals surface area contributed by atoms with Crippen LogP contribution in [-0.2, 0) is 6.42 Å². The summed E-state index contributed by atoms with van der Waals surface area (Å²) in [4.78, 5) is 5.86. The molecule has 1 aliphatic heterocycles. The van der Waals surface area contributed by atoms with Crippen molar-refractivity contribution < 1.29 is 0 Å². The van der Waals surface area contributed by atoms with Crippen molar-refractivity contribution in [3.05, 3.63) is 22.4 Å². The van der Waals surface area contributed by atoms with E-state index in [9.17, 15) is 0 Å². The Hall–Kier alpha value is -0.480. The molecule has 2 rings (SSSR count). The Morgan fingerprint density at radius 3 is 3.21 bits per heavy atom. The topological polar surface area (TPSA) is 24.4 Å². The summed E-state index contributed by atoms with van der Waals surface area (Å²) in [6, 6.07) is 4.29. The minimum Gasteiger partial charge on any atom is -0.365 e. The molecule has 0 bridgehead atoms. The maximum atomic E-state index is 4.42. The normalized spacial score (nSPS) is 16.4. The van der Waals surface area contributed by atoms with Crippen LogP contribution in [0.2, 0.25) is 0 Å². The van der Waals surface area contributed by atoms with E-state index in [-0.39, 0.29) is 0 Å². The Balaban J connectivity index is 1.70. The highest BCUT2D eigenvalue weighted by Crippen LogP contribution is 2.11. The van der Waals surface area contributed by atoms with Gasteiger partial charge < -0.3 is 5.32 Å². The summed E-state index contributed by atoms with van der Waals surface area (Å²) in [7, 11) is 0. The van der Waals surface area contributed by atoms with Gasteiger partial charge in [0.2, 0.25) is 0 Å². The molecule has 0 radical (unpaired) electrons. The molecule has 0 atom stereocenters.